The number of benzene rings is 2. The summed E-state index contributed by atoms with van der Waals surface area (Å²) >= 11 is 0. The molecule has 0 aliphatic carbocycles. The Kier molecular flexibility index (Phi) is 4.49. The van der Waals surface area contributed by atoms with E-state index < -0.39 is 0 Å². The molecule has 0 saturated carbocycles. The molecule has 7 nitrogen and oxygen atoms in total. The van der Waals surface area contributed by atoms with Crippen LogP contribution in [-0.4, -0.2) is 32.5 Å². The molecule has 0 fully saturated rings. The van der Waals surface area contributed by atoms with Crippen LogP contribution < -0.4 is 10.1 Å². The number of rotatable bonds is 5. The van der Waals surface area contributed by atoms with Crippen molar-refractivity contribution >= 4 is 22.6 Å². The van der Waals surface area contributed by atoms with Gasteiger partial charge in [-0.15, -0.1) is 15.0 Å². The molecule has 1 N–H and O–H groups in total. The molecule has 2 aromatic heterocycles. The molecule has 0 bridgehead atoms. The maximum Gasteiger partial charge on any atom is 0.262 e. The summed E-state index contributed by atoms with van der Waals surface area (Å²) in [5.74, 6) is 0.260. The van der Waals surface area contributed by atoms with Gasteiger partial charge in [-0.25, -0.2) is 0 Å². The molecule has 0 atom stereocenters. The van der Waals surface area contributed by atoms with Crippen molar-refractivity contribution in [3.63, 3.8) is 0 Å². The first-order valence-corrected chi connectivity index (χ1v) is 8.45. The minimum atomic E-state index is -0.270. The largest absolute Gasteiger partial charge is 0.481 e. The molecular formula is C20H17N5O2. The summed E-state index contributed by atoms with van der Waals surface area (Å²) < 4.78 is 5.74. The Bertz CT molecular complexity index is 1060. The minimum Gasteiger partial charge on any atom is -0.481 e. The Morgan fingerprint density at radius 2 is 1.85 bits per heavy atom. The minimum absolute atomic E-state index is 0.133. The van der Waals surface area contributed by atoms with Gasteiger partial charge < -0.3 is 10.1 Å². The van der Waals surface area contributed by atoms with Crippen LogP contribution in [0.15, 0.2) is 67.0 Å². The van der Waals surface area contributed by atoms with Gasteiger partial charge in [0.15, 0.2) is 6.61 Å². The van der Waals surface area contributed by atoms with E-state index in [0.717, 1.165) is 16.6 Å². The van der Waals surface area contributed by atoms with Crippen LogP contribution in [0.3, 0.4) is 0 Å². The highest BCUT2D eigenvalue weighted by molar-refractivity contribution is 5.91. The zero-order chi connectivity index (χ0) is 18.6. The number of nitrogens with zero attached hydrogens (tertiary/aromatic N) is 4. The maximum absolute atomic E-state index is 12.1. The highest BCUT2D eigenvalue weighted by Gasteiger charge is 2.12. The molecule has 134 valence electrons. The van der Waals surface area contributed by atoms with E-state index in [9.17, 15) is 4.79 Å². The van der Waals surface area contributed by atoms with Crippen molar-refractivity contribution in [2.75, 3.05) is 11.9 Å². The molecule has 0 aliphatic heterocycles. The quantitative estimate of drug-likeness (QED) is 0.592. The normalized spacial score (nSPS) is 10.7. The molecule has 2 heterocycles. The summed E-state index contributed by atoms with van der Waals surface area (Å²) in [6.07, 6.45) is 3.22. The van der Waals surface area contributed by atoms with E-state index in [1.807, 2.05) is 49.4 Å². The van der Waals surface area contributed by atoms with E-state index in [1.54, 1.807) is 24.5 Å². The molecule has 0 aliphatic rings. The second-order valence-electron chi connectivity index (χ2n) is 6.03. The predicted molar refractivity (Wildman–Crippen MR) is 102 cm³/mol. The molecule has 2 aromatic carbocycles. The van der Waals surface area contributed by atoms with E-state index in [0.29, 0.717) is 17.1 Å². The van der Waals surface area contributed by atoms with E-state index >= 15 is 0 Å². The first-order valence-electron chi connectivity index (χ1n) is 8.45. The molecule has 0 unspecified atom stereocenters. The molecule has 7 heteroatoms. The van der Waals surface area contributed by atoms with Crippen LogP contribution in [0.5, 0.6) is 5.75 Å². The molecule has 27 heavy (non-hydrogen) atoms. The second kappa shape index (κ2) is 7.25. The van der Waals surface area contributed by atoms with Crippen LogP contribution in [0.1, 0.15) is 5.56 Å². The number of anilines is 1. The SMILES string of the molecule is Cc1ccc(OCC(=O)Nc2cccnc2)c(-n2nc3ccccc3n2)c1. The van der Waals surface area contributed by atoms with Gasteiger partial charge >= 0.3 is 0 Å². The van der Waals surface area contributed by atoms with Gasteiger partial charge in [-0.2, -0.15) is 0 Å². The van der Waals surface area contributed by atoms with Gasteiger partial charge in [-0.3, -0.25) is 9.78 Å². The van der Waals surface area contributed by atoms with Crippen molar-refractivity contribution in [2.45, 2.75) is 6.92 Å². The fourth-order valence-electron chi connectivity index (χ4n) is 2.65. The number of fused-ring (bicyclic) bond motifs is 1. The van der Waals surface area contributed by atoms with E-state index in [-0.39, 0.29) is 12.5 Å². The van der Waals surface area contributed by atoms with Gasteiger partial charge in [0.1, 0.15) is 22.5 Å². The molecule has 4 rings (SSSR count). The summed E-state index contributed by atoms with van der Waals surface area (Å²) in [6, 6.07) is 16.8. The average Bonchev–Trinajstić information content (AvgIpc) is 3.12. The van der Waals surface area contributed by atoms with Crippen LogP contribution >= 0.6 is 0 Å². The van der Waals surface area contributed by atoms with Gasteiger partial charge in [0.2, 0.25) is 0 Å². The first-order chi connectivity index (χ1) is 13.2. The van der Waals surface area contributed by atoms with Crippen LogP contribution in [0.2, 0.25) is 0 Å². The van der Waals surface area contributed by atoms with Crippen LogP contribution in [0.25, 0.3) is 16.7 Å². The van der Waals surface area contributed by atoms with Gasteiger partial charge in [0, 0.05) is 6.20 Å². The number of carbonyl (C=O) groups is 1. The summed E-state index contributed by atoms with van der Waals surface area (Å²) in [7, 11) is 0. The van der Waals surface area contributed by atoms with Gasteiger partial charge in [0.25, 0.3) is 5.91 Å². The van der Waals surface area contributed by atoms with E-state index in [1.165, 1.54) is 4.80 Å². The molecule has 4 aromatic rings. The Hall–Kier alpha value is -3.74. The molecular weight excluding hydrogens is 342 g/mol. The lowest BCUT2D eigenvalue weighted by Crippen LogP contribution is -2.20. The topological polar surface area (TPSA) is 81.9 Å². The van der Waals surface area contributed by atoms with Crippen LogP contribution in [-0.2, 0) is 4.79 Å². The fourth-order valence-corrected chi connectivity index (χ4v) is 2.65. The second-order valence-corrected chi connectivity index (χ2v) is 6.03. The van der Waals surface area contributed by atoms with Crippen molar-refractivity contribution in [3.05, 3.63) is 72.6 Å². The summed E-state index contributed by atoms with van der Waals surface area (Å²) in [6.45, 7) is 1.84. The third-order valence-electron chi connectivity index (χ3n) is 3.92. The lowest BCUT2D eigenvalue weighted by Gasteiger charge is -2.11. The Morgan fingerprint density at radius 3 is 2.56 bits per heavy atom. The van der Waals surface area contributed by atoms with E-state index in [4.69, 9.17) is 4.74 Å². The van der Waals surface area contributed by atoms with Crippen molar-refractivity contribution in [3.8, 4) is 11.4 Å². The fraction of sp³-hybridized carbons (Fsp3) is 0.100. The number of hydrogen-bond donors (Lipinski definition) is 1. The van der Waals surface area contributed by atoms with Crippen molar-refractivity contribution < 1.29 is 9.53 Å². The Labute approximate surface area is 155 Å². The van der Waals surface area contributed by atoms with Gasteiger partial charge in [-0.1, -0.05) is 18.2 Å². The zero-order valence-electron chi connectivity index (χ0n) is 14.7. The van der Waals surface area contributed by atoms with Crippen LogP contribution in [0, 0.1) is 6.92 Å². The van der Waals surface area contributed by atoms with Crippen molar-refractivity contribution in [1.29, 1.82) is 0 Å². The number of pyridine rings is 1. The molecule has 0 saturated heterocycles. The summed E-state index contributed by atoms with van der Waals surface area (Å²) in [5.41, 5.74) is 3.92. The van der Waals surface area contributed by atoms with Gasteiger partial charge in [0.05, 0.1) is 11.9 Å². The highest BCUT2D eigenvalue weighted by Crippen LogP contribution is 2.24. The number of nitrogens with one attached hydrogen (secondary N) is 1. The van der Waals surface area contributed by atoms with Crippen molar-refractivity contribution in [1.82, 2.24) is 20.0 Å². The van der Waals surface area contributed by atoms with E-state index in [2.05, 4.69) is 20.5 Å². The third-order valence-corrected chi connectivity index (χ3v) is 3.92. The predicted octanol–water partition coefficient (Wildman–Crippen LogP) is 3.14. The number of hydrogen-bond acceptors (Lipinski definition) is 5. The number of ether oxygens (including phenoxy) is 1. The van der Waals surface area contributed by atoms with Crippen LogP contribution in [0.4, 0.5) is 5.69 Å². The molecule has 1 amide bonds. The Balaban J connectivity index is 1.55. The Morgan fingerprint density at radius 1 is 1.07 bits per heavy atom. The maximum atomic E-state index is 12.1. The first kappa shape index (κ1) is 16.7. The summed E-state index contributed by atoms with van der Waals surface area (Å²) in [5, 5.41) is 11.7. The number of amides is 1. The van der Waals surface area contributed by atoms with Crippen molar-refractivity contribution in [2.24, 2.45) is 0 Å². The molecule has 0 radical (unpaired) electrons. The molecule has 0 spiro atoms. The lowest BCUT2D eigenvalue weighted by atomic mass is 10.2. The smallest absolute Gasteiger partial charge is 0.262 e. The third kappa shape index (κ3) is 3.77. The number of aromatic nitrogens is 4. The average molecular weight is 359 g/mol. The van der Waals surface area contributed by atoms with Gasteiger partial charge in [-0.05, 0) is 48.9 Å². The zero-order valence-corrected chi connectivity index (χ0v) is 14.7. The number of aryl methyl sites for hydroxylation is 1. The monoisotopic (exact) mass is 359 g/mol. The lowest BCUT2D eigenvalue weighted by molar-refractivity contribution is -0.118. The number of carbonyl (C=O) groups excluding carboxylic acids is 1. The highest BCUT2D eigenvalue weighted by atomic mass is 16.5. The standard InChI is InChI=1S/C20H17N5O2/c1-14-8-9-19(27-13-20(26)22-15-5-4-10-21-12-15)18(11-14)25-23-16-6-2-3-7-17(16)24-25/h2-12H,13H2,1H3,(H,22,26). The summed E-state index contributed by atoms with van der Waals surface area (Å²) in [4.78, 5) is 17.6.